The van der Waals surface area contributed by atoms with E-state index in [9.17, 15) is 0 Å². The van der Waals surface area contributed by atoms with E-state index in [1.807, 2.05) is 20.0 Å². The third kappa shape index (κ3) is 3.47. The van der Waals surface area contributed by atoms with Crippen LogP contribution in [0.2, 0.25) is 0 Å². The van der Waals surface area contributed by atoms with Crippen LogP contribution in [0, 0.1) is 0 Å². The number of rotatable bonds is 4. The van der Waals surface area contributed by atoms with E-state index in [4.69, 9.17) is 0 Å². The summed E-state index contributed by atoms with van der Waals surface area (Å²) in [4.78, 5) is 13.4. The van der Waals surface area contributed by atoms with Crippen LogP contribution in [0.4, 0.5) is 5.82 Å². The van der Waals surface area contributed by atoms with E-state index >= 15 is 0 Å². The SMILES string of the molecule is CCNc1cc(Sc2ncnn2C)nc(C(C)(C)C)n1. The van der Waals surface area contributed by atoms with E-state index in [0.29, 0.717) is 0 Å². The van der Waals surface area contributed by atoms with Gasteiger partial charge in [0, 0.05) is 25.1 Å². The van der Waals surface area contributed by atoms with Crippen molar-refractivity contribution in [2.75, 3.05) is 11.9 Å². The zero-order valence-electron chi connectivity index (χ0n) is 12.5. The van der Waals surface area contributed by atoms with Crippen molar-refractivity contribution in [3.05, 3.63) is 18.2 Å². The van der Waals surface area contributed by atoms with E-state index in [0.717, 1.165) is 28.4 Å². The number of nitrogens with one attached hydrogen (secondary N) is 1. The van der Waals surface area contributed by atoms with Crippen LogP contribution in [0.1, 0.15) is 33.5 Å². The van der Waals surface area contributed by atoms with E-state index in [1.165, 1.54) is 11.8 Å². The molecule has 6 nitrogen and oxygen atoms in total. The van der Waals surface area contributed by atoms with Gasteiger partial charge >= 0.3 is 0 Å². The van der Waals surface area contributed by atoms with Crippen LogP contribution in [-0.2, 0) is 12.5 Å². The summed E-state index contributed by atoms with van der Waals surface area (Å²) in [6, 6.07) is 1.94. The van der Waals surface area contributed by atoms with Crippen molar-refractivity contribution in [3.63, 3.8) is 0 Å². The summed E-state index contributed by atoms with van der Waals surface area (Å²) >= 11 is 1.49. The Hall–Kier alpha value is -1.63. The van der Waals surface area contributed by atoms with Crippen LogP contribution in [-0.4, -0.2) is 31.3 Å². The second-order valence-electron chi connectivity index (χ2n) is 5.46. The average Bonchev–Trinajstić information content (AvgIpc) is 2.74. The maximum absolute atomic E-state index is 4.63. The molecule has 1 N–H and O–H groups in total. The first-order chi connectivity index (χ1) is 9.40. The monoisotopic (exact) mass is 292 g/mol. The van der Waals surface area contributed by atoms with Gasteiger partial charge in [-0.25, -0.2) is 19.6 Å². The predicted octanol–water partition coefficient (Wildman–Crippen LogP) is 2.49. The highest BCUT2D eigenvalue weighted by molar-refractivity contribution is 7.99. The first-order valence-electron chi connectivity index (χ1n) is 6.55. The van der Waals surface area contributed by atoms with Crippen LogP contribution in [0.5, 0.6) is 0 Å². The van der Waals surface area contributed by atoms with E-state index in [2.05, 4.69) is 46.1 Å². The van der Waals surface area contributed by atoms with Crippen molar-refractivity contribution in [2.24, 2.45) is 7.05 Å². The standard InChI is InChI=1S/C13H20N6S/c1-6-14-9-7-10(18-11(17-9)13(2,3)4)20-12-15-8-16-19(12)5/h7-8H,6H2,1-5H3,(H,14,17,18). The molecular formula is C13H20N6S. The molecule has 0 bridgehead atoms. The number of anilines is 1. The van der Waals surface area contributed by atoms with Gasteiger partial charge in [0.05, 0.1) is 0 Å². The molecule has 2 rings (SSSR count). The summed E-state index contributed by atoms with van der Waals surface area (Å²) in [5, 5.41) is 9.00. The molecule has 0 saturated carbocycles. The van der Waals surface area contributed by atoms with Crippen molar-refractivity contribution in [1.29, 1.82) is 0 Å². The van der Waals surface area contributed by atoms with Gasteiger partial charge in [-0.05, 0) is 18.7 Å². The minimum absolute atomic E-state index is 0.0966. The molecule has 2 aromatic heterocycles. The second kappa shape index (κ2) is 5.78. The second-order valence-corrected chi connectivity index (χ2v) is 6.45. The number of nitrogens with zero attached hydrogens (tertiary/aromatic N) is 5. The Morgan fingerprint density at radius 3 is 2.60 bits per heavy atom. The minimum atomic E-state index is -0.0966. The molecule has 0 amide bonds. The molecule has 0 fully saturated rings. The quantitative estimate of drug-likeness (QED) is 0.873. The Bertz CT molecular complexity index is 587. The first-order valence-corrected chi connectivity index (χ1v) is 7.37. The molecule has 20 heavy (non-hydrogen) atoms. The molecule has 0 atom stereocenters. The smallest absolute Gasteiger partial charge is 0.192 e. The summed E-state index contributed by atoms with van der Waals surface area (Å²) in [7, 11) is 1.87. The van der Waals surface area contributed by atoms with Gasteiger partial charge in [-0.3, -0.25) is 0 Å². The summed E-state index contributed by atoms with van der Waals surface area (Å²) in [5.74, 6) is 1.66. The number of hydrogen-bond donors (Lipinski definition) is 1. The van der Waals surface area contributed by atoms with Gasteiger partial charge in [0.15, 0.2) is 5.16 Å². The van der Waals surface area contributed by atoms with Crippen molar-refractivity contribution < 1.29 is 0 Å². The van der Waals surface area contributed by atoms with Gasteiger partial charge in [0.1, 0.15) is 23.0 Å². The van der Waals surface area contributed by atoms with Crippen LogP contribution >= 0.6 is 11.8 Å². The summed E-state index contributed by atoms with van der Waals surface area (Å²) in [6.45, 7) is 9.20. The highest BCUT2D eigenvalue weighted by Crippen LogP contribution is 2.28. The molecule has 0 aliphatic rings. The van der Waals surface area contributed by atoms with Gasteiger partial charge in [0.2, 0.25) is 0 Å². The molecule has 2 heterocycles. The Morgan fingerprint density at radius 2 is 2.05 bits per heavy atom. The van der Waals surface area contributed by atoms with Crippen LogP contribution in [0.25, 0.3) is 0 Å². The highest BCUT2D eigenvalue weighted by atomic mass is 32.2. The molecule has 2 aromatic rings. The van der Waals surface area contributed by atoms with E-state index in [-0.39, 0.29) is 5.41 Å². The minimum Gasteiger partial charge on any atom is -0.370 e. The van der Waals surface area contributed by atoms with Gasteiger partial charge in [-0.1, -0.05) is 20.8 Å². The lowest BCUT2D eigenvalue weighted by Gasteiger charge is -2.18. The Balaban J connectivity index is 2.36. The van der Waals surface area contributed by atoms with Gasteiger partial charge in [-0.2, -0.15) is 5.10 Å². The lowest BCUT2D eigenvalue weighted by molar-refractivity contribution is 0.539. The normalized spacial score (nSPS) is 11.7. The van der Waals surface area contributed by atoms with Crippen LogP contribution in [0.3, 0.4) is 0 Å². The molecule has 0 aliphatic heterocycles. The Labute approximate surface area is 123 Å². The zero-order chi connectivity index (χ0) is 14.8. The topological polar surface area (TPSA) is 68.5 Å². The van der Waals surface area contributed by atoms with E-state index in [1.54, 1.807) is 11.0 Å². The van der Waals surface area contributed by atoms with Crippen molar-refractivity contribution >= 4 is 17.6 Å². The first kappa shape index (κ1) is 14.8. The van der Waals surface area contributed by atoms with Crippen molar-refractivity contribution in [2.45, 2.75) is 43.3 Å². The summed E-state index contributed by atoms with van der Waals surface area (Å²) in [6.07, 6.45) is 1.54. The fraction of sp³-hybridized carbons (Fsp3) is 0.538. The fourth-order valence-corrected chi connectivity index (χ4v) is 2.32. The third-order valence-corrected chi connectivity index (χ3v) is 3.57. The fourth-order valence-electron chi connectivity index (χ4n) is 1.56. The van der Waals surface area contributed by atoms with Crippen LogP contribution < -0.4 is 5.32 Å². The largest absolute Gasteiger partial charge is 0.370 e. The Kier molecular flexibility index (Phi) is 4.27. The molecule has 0 aliphatic carbocycles. The number of hydrogen-bond acceptors (Lipinski definition) is 6. The van der Waals surface area contributed by atoms with Gasteiger partial charge in [-0.15, -0.1) is 0 Å². The Morgan fingerprint density at radius 1 is 1.30 bits per heavy atom. The molecule has 7 heteroatoms. The van der Waals surface area contributed by atoms with E-state index < -0.39 is 0 Å². The van der Waals surface area contributed by atoms with Gasteiger partial charge in [0.25, 0.3) is 0 Å². The predicted molar refractivity (Wildman–Crippen MR) is 80.0 cm³/mol. The van der Waals surface area contributed by atoms with Crippen molar-refractivity contribution in [3.8, 4) is 0 Å². The lowest BCUT2D eigenvalue weighted by atomic mass is 9.96. The number of aromatic nitrogens is 5. The summed E-state index contributed by atoms with van der Waals surface area (Å²) in [5.41, 5.74) is -0.0966. The molecule has 0 radical (unpaired) electrons. The molecule has 0 saturated heterocycles. The third-order valence-electron chi connectivity index (χ3n) is 2.60. The van der Waals surface area contributed by atoms with Crippen molar-refractivity contribution in [1.82, 2.24) is 24.7 Å². The molecular weight excluding hydrogens is 272 g/mol. The zero-order valence-corrected chi connectivity index (χ0v) is 13.3. The number of aryl methyl sites for hydroxylation is 1. The molecule has 0 aromatic carbocycles. The van der Waals surface area contributed by atoms with Gasteiger partial charge < -0.3 is 5.32 Å². The van der Waals surface area contributed by atoms with Crippen LogP contribution in [0.15, 0.2) is 22.6 Å². The summed E-state index contributed by atoms with van der Waals surface area (Å²) < 4.78 is 1.73. The average molecular weight is 292 g/mol. The molecule has 0 spiro atoms. The molecule has 108 valence electrons. The maximum Gasteiger partial charge on any atom is 0.192 e. The highest BCUT2D eigenvalue weighted by Gasteiger charge is 2.20. The maximum atomic E-state index is 4.63. The molecule has 0 unspecified atom stereocenters. The lowest BCUT2D eigenvalue weighted by Crippen LogP contribution is -2.17.